The Bertz CT molecular complexity index is 1040. The van der Waals surface area contributed by atoms with Crippen LogP contribution in [0.3, 0.4) is 0 Å². The van der Waals surface area contributed by atoms with Crippen LogP contribution in [0.1, 0.15) is 20.7 Å². The zero-order valence-corrected chi connectivity index (χ0v) is 18.7. The monoisotopic (exact) mass is 449 g/mol. The maximum atomic E-state index is 12.9. The SMILES string of the molecule is CN1CCN(c2cc(N3CCN(C(=O)CN4C(=O)c5ccccc5C4=O)CC3)ncn2)CC1. The van der Waals surface area contributed by atoms with Crippen molar-refractivity contribution in [3.8, 4) is 0 Å². The van der Waals surface area contributed by atoms with Gasteiger partial charge in [0.25, 0.3) is 11.8 Å². The minimum atomic E-state index is -0.403. The lowest BCUT2D eigenvalue weighted by Crippen LogP contribution is -2.52. The van der Waals surface area contributed by atoms with Gasteiger partial charge in [0, 0.05) is 58.4 Å². The molecule has 0 unspecified atom stereocenters. The highest BCUT2D eigenvalue weighted by atomic mass is 16.2. The molecule has 0 bridgehead atoms. The van der Waals surface area contributed by atoms with Crippen LogP contribution in [0, 0.1) is 0 Å². The predicted octanol–water partition coefficient (Wildman–Crippen LogP) is 0.173. The molecule has 10 heteroatoms. The summed E-state index contributed by atoms with van der Waals surface area (Å²) in [5.74, 6) is 0.758. The average molecular weight is 450 g/mol. The lowest BCUT2D eigenvalue weighted by molar-refractivity contribution is -0.131. The van der Waals surface area contributed by atoms with E-state index in [-0.39, 0.29) is 12.5 Å². The highest BCUT2D eigenvalue weighted by Crippen LogP contribution is 2.23. The Hall–Kier alpha value is -3.53. The first-order valence-electron chi connectivity index (χ1n) is 11.2. The van der Waals surface area contributed by atoms with Crippen LogP contribution in [-0.4, -0.2) is 108 Å². The smallest absolute Gasteiger partial charge is 0.262 e. The van der Waals surface area contributed by atoms with Gasteiger partial charge in [0.1, 0.15) is 24.5 Å². The number of rotatable bonds is 4. The molecular formula is C23H27N7O3. The number of fused-ring (bicyclic) bond motifs is 1. The van der Waals surface area contributed by atoms with Crippen LogP contribution < -0.4 is 9.80 Å². The third-order valence-electron chi connectivity index (χ3n) is 6.59. The van der Waals surface area contributed by atoms with Gasteiger partial charge in [-0.3, -0.25) is 19.3 Å². The Balaban J connectivity index is 1.18. The van der Waals surface area contributed by atoms with Crippen LogP contribution in [-0.2, 0) is 4.79 Å². The molecule has 33 heavy (non-hydrogen) atoms. The molecule has 0 saturated carbocycles. The first-order chi connectivity index (χ1) is 16.0. The third kappa shape index (κ3) is 4.13. The van der Waals surface area contributed by atoms with Crippen molar-refractivity contribution in [3.63, 3.8) is 0 Å². The Morgan fingerprint density at radius 1 is 0.818 bits per heavy atom. The summed E-state index contributed by atoms with van der Waals surface area (Å²) in [4.78, 5) is 56.3. The molecule has 2 aromatic rings. The summed E-state index contributed by atoms with van der Waals surface area (Å²) < 4.78 is 0. The summed E-state index contributed by atoms with van der Waals surface area (Å²) in [5, 5.41) is 0. The summed E-state index contributed by atoms with van der Waals surface area (Å²) in [7, 11) is 2.12. The van der Waals surface area contributed by atoms with E-state index in [0.717, 1.165) is 42.7 Å². The van der Waals surface area contributed by atoms with Crippen LogP contribution in [0.4, 0.5) is 11.6 Å². The normalized spacial score (nSPS) is 19.3. The maximum Gasteiger partial charge on any atom is 0.262 e. The van der Waals surface area contributed by atoms with Gasteiger partial charge in [0.2, 0.25) is 5.91 Å². The highest BCUT2D eigenvalue weighted by Gasteiger charge is 2.37. The number of benzene rings is 1. The topological polar surface area (TPSA) is 93.2 Å². The molecule has 0 aliphatic carbocycles. The van der Waals surface area contributed by atoms with E-state index in [1.165, 1.54) is 0 Å². The molecule has 2 saturated heterocycles. The molecule has 4 heterocycles. The maximum absolute atomic E-state index is 12.9. The van der Waals surface area contributed by atoms with Gasteiger partial charge in [-0.2, -0.15) is 0 Å². The van der Waals surface area contributed by atoms with Crippen LogP contribution in [0.5, 0.6) is 0 Å². The van der Waals surface area contributed by atoms with E-state index in [4.69, 9.17) is 0 Å². The fourth-order valence-corrected chi connectivity index (χ4v) is 4.52. The number of hydrogen-bond donors (Lipinski definition) is 0. The van der Waals surface area contributed by atoms with Gasteiger partial charge in [-0.25, -0.2) is 9.97 Å². The van der Waals surface area contributed by atoms with Crippen molar-refractivity contribution >= 4 is 29.4 Å². The minimum Gasteiger partial charge on any atom is -0.354 e. The lowest BCUT2D eigenvalue weighted by atomic mass is 10.1. The molecule has 3 aliphatic heterocycles. The predicted molar refractivity (Wildman–Crippen MR) is 122 cm³/mol. The summed E-state index contributed by atoms with van der Waals surface area (Å²) in [6, 6.07) is 8.70. The van der Waals surface area contributed by atoms with Crippen molar-refractivity contribution in [2.24, 2.45) is 0 Å². The van der Waals surface area contributed by atoms with Gasteiger partial charge in [0.15, 0.2) is 0 Å². The fourth-order valence-electron chi connectivity index (χ4n) is 4.52. The first kappa shape index (κ1) is 21.3. The van der Waals surface area contributed by atoms with E-state index in [0.29, 0.717) is 37.3 Å². The van der Waals surface area contributed by atoms with Crippen molar-refractivity contribution in [3.05, 3.63) is 47.8 Å². The molecule has 0 atom stereocenters. The number of carbonyl (C=O) groups excluding carboxylic acids is 3. The van der Waals surface area contributed by atoms with Gasteiger partial charge in [-0.05, 0) is 19.2 Å². The number of likely N-dealkylation sites (N-methyl/N-ethyl adjacent to an activating group) is 1. The van der Waals surface area contributed by atoms with Gasteiger partial charge >= 0.3 is 0 Å². The highest BCUT2D eigenvalue weighted by molar-refractivity contribution is 6.22. The largest absolute Gasteiger partial charge is 0.354 e. The molecule has 5 rings (SSSR count). The summed E-state index contributed by atoms with van der Waals surface area (Å²) in [6.45, 7) is 5.94. The Morgan fingerprint density at radius 3 is 1.88 bits per heavy atom. The Labute approximate surface area is 192 Å². The standard InChI is InChI=1S/C23H27N7O3/c1-26-6-8-27(9-7-26)19-14-20(25-16-24-19)28-10-12-29(13-11-28)21(31)15-30-22(32)17-4-2-3-5-18(17)23(30)33/h2-5,14,16H,6-13,15H2,1H3. The molecule has 0 radical (unpaired) electrons. The molecule has 1 aromatic heterocycles. The van der Waals surface area contributed by atoms with E-state index in [2.05, 4.69) is 31.7 Å². The lowest BCUT2D eigenvalue weighted by Gasteiger charge is -2.37. The van der Waals surface area contributed by atoms with Gasteiger partial charge in [-0.15, -0.1) is 0 Å². The van der Waals surface area contributed by atoms with Crippen LogP contribution in [0.2, 0.25) is 0 Å². The molecule has 0 spiro atoms. The molecule has 1 aromatic carbocycles. The number of nitrogens with zero attached hydrogens (tertiary/aromatic N) is 7. The van der Waals surface area contributed by atoms with Gasteiger partial charge in [-0.1, -0.05) is 12.1 Å². The molecular weight excluding hydrogens is 422 g/mol. The number of piperazine rings is 2. The van der Waals surface area contributed by atoms with Crippen LogP contribution in [0.15, 0.2) is 36.7 Å². The summed E-state index contributed by atoms with van der Waals surface area (Å²) in [5.41, 5.74) is 0.722. The molecule has 2 fully saturated rings. The molecule has 172 valence electrons. The average Bonchev–Trinajstić information content (AvgIpc) is 3.09. The van der Waals surface area contributed by atoms with E-state index in [1.807, 2.05) is 6.07 Å². The van der Waals surface area contributed by atoms with E-state index in [1.54, 1.807) is 35.5 Å². The second-order valence-corrected chi connectivity index (χ2v) is 8.63. The second-order valence-electron chi connectivity index (χ2n) is 8.63. The van der Waals surface area contributed by atoms with Crippen LogP contribution >= 0.6 is 0 Å². The van der Waals surface area contributed by atoms with Gasteiger partial charge in [0.05, 0.1) is 11.1 Å². The molecule has 3 amide bonds. The Kier molecular flexibility index (Phi) is 5.67. The number of imide groups is 1. The molecule has 10 nitrogen and oxygen atoms in total. The number of hydrogen-bond acceptors (Lipinski definition) is 8. The zero-order chi connectivity index (χ0) is 22.9. The van der Waals surface area contributed by atoms with E-state index in [9.17, 15) is 14.4 Å². The van der Waals surface area contributed by atoms with Crippen molar-refractivity contribution < 1.29 is 14.4 Å². The minimum absolute atomic E-state index is 0.218. The van der Waals surface area contributed by atoms with E-state index >= 15 is 0 Å². The Morgan fingerprint density at radius 2 is 1.33 bits per heavy atom. The van der Waals surface area contributed by atoms with Crippen LogP contribution in [0.25, 0.3) is 0 Å². The van der Waals surface area contributed by atoms with Crippen molar-refractivity contribution in [1.29, 1.82) is 0 Å². The number of amides is 3. The fraction of sp³-hybridized carbons (Fsp3) is 0.435. The molecule has 0 N–H and O–H groups in total. The summed E-state index contributed by atoms with van der Waals surface area (Å²) in [6.07, 6.45) is 1.60. The van der Waals surface area contributed by atoms with Gasteiger partial charge < -0.3 is 19.6 Å². The van der Waals surface area contributed by atoms with Crippen molar-refractivity contribution in [2.45, 2.75) is 0 Å². The number of aromatic nitrogens is 2. The molecule has 3 aliphatic rings. The van der Waals surface area contributed by atoms with E-state index < -0.39 is 11.8 Å². The summed E-state index contributed by atoms with van der Waals surface area (Å²) >= 11 is 0. The second kappa shape index (κ2) is 8.78. The van der Waals surface area contributed by atoms with Crippen molar-refractivity contribution in [2.75, 3.05) is 75.8 Å². The van der Waals surface area contributed by atoms with Crippen molar-refractivity contribution in [1.82, 2.24) is 24.7 Å². The third-order valence-corrected chi connectivity index (χ3v) is 6.59. The number of carbonyl (C=O) groups is 3. The quantitative estimate of drug-likeness (QED) is 0.610. The number of anilines is 2. The zero-order valence-electron chi connectivity index (χ0n) is 18.7. The first-order valence-corrected chi connectivity index (χ1v) is 11.2.